The number of para-hydroxylation sites is 2. The number of aromatic hydroxyl groups is 4. The Kier molecular flexibility index (Phi) is 13.3. The number of unbranched alkanes of at least 4 members (excludes halogenated alkanes) is 14. The van der Waals surface area contributed by atoms with Crippen LogP contribution < -0.4 is 0 Å². The van der Waals surface area contributed by atoms with Crippen molar-refractivity contribution in [3.05, 3.63) is 47.5 Å². The Morgan fingerprint density at radius 3 is 0.939 bits per heavy atom. The Hall–Kier alpha value is -2.36. The Labute approximate surface area is 200 Å². The van der Waals surface area contributed by atoms with Gasteiger partial charge in [0.15, 0.2) is 23.0 Å². The first-order chi connectivity index (χ1) is 16.1. The van der Waals surface area contributed by atoms with Crippen LogP contribution in [-0.4, -0.2) is 20.4 Å². The Balaban J connectivity index is 1.31. The monoisotopic (exact) mass is 456 g/mol. The Morgan fingerprint density at radius 2 is 0.636 bits per heavy atom. The lowest BCUT2D eigenvalue weighted by atomic mass is 10.0. The van der Waals surface area contributed by atoms with Crippen LogP contribution in [0, 0.1) is 0 Å². The van der Waals surface area contributed by atoms with E-state index in [4.69, 9.17) is 0 Å². The van der Waals surface area contributed by atoms with E-state index >= 15 is 0 Å². The molecule has 0 saturated heterocycles. The summed E-state index contributed by atoms with van der Waals surface area (Å²) in [6, 6.07) is 10.4. The lowest BCUT2D eigenvalue weighted by molar-refractivity contribution is 0.398. The number of hydrogen-bond donors (Lipinski definition) is 4. The van der Waals surface area contributed by atoms with Gasteiger partial charge in [-0.15, -0.1) is 0 Å². The van der Waals surface area contributed by atoms with Crippen molar-refractivity contribution >= 4 is 0 Å². The topological polar surface area (TPSA) is 80.9 Å². The van der Waals surface area contributed by atoms with Crippen LogP contribution in [0.2, 0.25) is 0 Å². The highest BCUT2D eigenvalue weighted by molar-refractivity contribution is 5.44. The summed E-state index contributed by atoms with van der Waals surface area (Å²) in [6.45, 7) is 0. The van der Waals surface area contributed by atoms with Gasteiger partial charge in [0.05, 0.1) is 0 Å². The van der Waals surface area contributed by atoms with E-state index in [1.54, 1.807) is 12.1 Å². The van der Waals surface area contributed by atoms with Crippen molar-refractivity contribution in [2.24, 2.45) is 0 Å². The van der Waals surface area contributed by atoms with Crippen molar-refractivity contribution in [1.29, 1.82) is 0 Å². The van der Waals surface area contributed by atoms with Gasteiger partial charge in [-0.25, -0.2) is 0 Å². The minimum Gasteiger partial charge on any atom is -0.504 e. The van der Waals surface area contributed by atoms with Crippen molar-refractivity contribution in [3.63, 3.8) is 0 Å². The third-order valence-electron chi connectivity index (χ3n) is 6.59. The van der Waals surface area contributed by atoms with Gasteiger partial charge in [-0.1, -0.05) is 108 Å². The molecule has 0 spiro atoms. The molecule has 0 radical (unpaired) electrons. The van der Waals surface area contributed by atoms with Crippen LogP contribution >= 0.6 is 0 Å². The van der Waals surface area contributed by atoms with Crippen molar-refractivity contribution in [2.75, 3.05) is 0 Å². The molecule has 0 bridgehead atoms. The molecule has 2 rings (SSSR count). The summed E-state index contributed by atoms with van der Waals surface area (Å²) in [5.41, 5.74) is 1.70. The molecule has 0 amide bonds. The molecular formula is C29H44O4. The van der Waals surface area contributed by atoms with Crippen molar-refractivity contribution < 1.29 is 20.4 Å². The molecule has 2 aromatic carbocycles. The lowest BCUT2D eigenvalue weighted by Crippen LogP contribution is -1.88. The van der Waals surface area contributed by atoms with Gasteiger partial charge in [-0.05, 0) is 48.9 Å². The fourth-order valence-electron chi connectivity index (χ4n) is 4.49. The first kappa shape index (κ1) is 26.9. The van der Waals surface area contributed by atoms with E-state index in [1.807, 2.05) is 12.1 Å². The molecule has 0 unspecified atom stereocenters. The van der Waals surface area contributed by atoms with Crippen LogP contribution in [0.3, 0.4) is 0 Å². The first-order valence-corrected chi connectivity index (χ1v) is 13.1. The summed E-state index contributed by atoms with van der Waals surface area (Å²) in [4.78, 5) is 0. The summed E-state index contributed by atoms with van der Waals surface area (Å²) < 4.78 is 0. The van der Waals surface area contributed by atoms with Gasteiger partial charge in [0.25, 0.3) is 0 Å². The van der Waals surface area contributed by atoms with E-state index in [1.165, 1.54) is 95.6 Å². The summed E-state index contributed by atoms with van der Waals surface area (Å²) in [5.74, 6) is 0.0544. The molecule has 33 heavy (non-hydrogen) atoms. The van der Waals surface area contributed by atoms with Gasteiger partial charge in [-0.3, -0.25) is 0 Å². The molecule has 0 fully saturated rings. The minimum atomic E-state index is -0.0178. The molecule has 0 aromatic heterocycles. The smallest absolute Gasteiger partial charge is 0.160 e. The highest BCUT2D eigenvalue weighted by Crippen LogP contribution is 2.30. The fraction of sp³-hybridized carbons (Fsp3) is 0.586. The van der Waals surface area contributed by atoms with Gasteiger partial charge in [-0.2, -0.15) is 0 Å². The minimum absolute atomic E-state index is 0.0178. The van der Waals surface area contributed by atoms with E-state index in [2.05, 4.69) is 0 Å². The molecule has 0 heterocycles. The maximum absolute atomic E-state index is 9.81. The second-order valence-corrected chi connectivity index (χ2v) is 9.37. The van der Waals surface area contributed by atoms with Crippen molar-refractivity contribution in [2.45, 2.75) is 109 Å². The Bertz CT molecular complexity index is 722. The van der Waals surface area contributed by atoms with Crippen molar-refractivity contribution in [1.82, 2.24) is 0 Å². The van der Waals surface area contributed by atoms with Crippen LogP contribution in [-0.2, 0) is 12.8 Å². The number of hydrogen-bond acceptors (Lipinski definition) is 4. The van der Waals surface area contributed by atoms with Crippen LogP contribution in [0.5, 0.6) is 23.0 Å². The summed E-state index contributed by atoms with van der Waals surface area (Å²) in [6.07, 6.45) is 20.7. The van der Waals surface area contributed by atoms with Gasteiger partial charge < -0.3 is 20.4 Å². The molecule has 184 valence electrons. The molecule has 0 saturated carbocycles. The van der Waals surface area contributed by atoms with Gasteiger partial charge >= 0.3 is 0 Å². The largest absolute Gasteiger partial charge is 0.504 e. The zero-order valence-electron chi connectivity index (χ0n) is 20.3. The van der Waals surface area contributed by atoms with Gasteiger partial charge in [0, 0.05) is 0 Å². The average molecular weight is 457 g/mol. The van der Waals surface area contributed by atoms with Gasteiger partial charge in [0.1, 0.15) is 0 Å². The zero-order valence-corrected chi connectivity index (χ0v) is 20.3. The normalized spacial score (nSPS) is 11.2. The number of phenols is 4. The van der Waals surface area contributed by atoms with Crippen LogP contribution in [0.15, 0.2) is 36.4 Å². The third-order valence-corrected chi connectivity index (χ3v) is 6.59. The number of benzene rings is 2. The molecule has 0 atom stereocenters. The van der Waals surface area contributed by atoms with E-state index < -0.39 is 0 Å². The zero-order chi connectivity index (χ0) is 23.7. The predicted octanol–water partition coefficient (Wildman–Crippen LogP) is 8.15. The summed E-state index contributed by atoms with van der Waals surface area (Å²) in [5, 5.41) is 38.7. The number of aryl methyl sites for hydroxylation is 2. The second kappa shape index (κ2) is 16.3. The highest BCUT2D eigenvalue weighted by Gasteiger charge is 2.06. The fourth-order valence-corrected chi connectivity index (χ4v) is 4.49. The molecular weight excluding hydrogens is 412 g/mol. The van der Waals surface area contributed by atoms with E-state index in [9.17, 15) is 20.4 Å². The van der Waals surface area contributed by atoms with Crippen LogP contribution in [0.25, 0.3) is 0 Å². The predicted molar refractivity (Wildman–Crippen MR) is 136 cm³/mol. The van der Waals surface area contributed by atoms with E-state index in [-0.39, 0.29) is 23.0 Å². The number of phenolic OH excluding ortho intramolecular Hbond substituents is 4. The van der Waals surface area contributed by atoms with E-state index in [0.717, 1.165) is 36.8 Å². The lowest BCUT2D eigenvalue weighted by Gasteiger charge is -2.06. The number of rotatable bonds is 18. The molecule has 0 aliphatic heterocycles. The first-order valence-electron chi connectivity index (χ1n) is 13.1. The maximum atomic E-state index is 9.81. The summed E-state index contributed by atoms with van der Waals surface area (Å²) in [7, 11) is 0. The van der Waals surface area contributed by atoms with Crippen LogP contribution in [0.4, 0.5) is 0 Å². The highest BCUT2D eigenvalue weighted by atomic mass is 16.3. The van der Waals surface area contributed by atoms with Crippen molar-refractivity contribution in [3.8, 4) is 23.0 Å². The SMILES string of the molecule is Oc1cccc(CCCCCCCCCCCCCCCCCc2cccc(O)c2O)c1O. The molecule has 0 aliphatic rings. The maximum Gasteiger partial charge on any atom is 0.160 e. The molecule has 4 N–H and O–H groups in total. The standard InChI is InChI=1S/C29H44O4/c30-26-22-16-20-24(28(26)32)18-14-12-10-8-6-4-2-1-3-5-7-9-11-13-15-19-25-21-17-23-27(31)29(25)33/h16-17,20-23,30-33H,1-15,18-19H2. The average Bonchev–Trinajstić information content (AvgIpc) is 2.81. The molecule has 0 aliphatic carbocycles. The molecule has 4 heteroatoms. The van der Waals surface area contributed by atoms with E-state index in [0.29, 0.717) is 0 Å². The van der Waals surface area contributed by atoms with Crippen LogP contribution in [0.1, 0.15) is 107 Å². The van der Waals surface area contributed by atoms with Gasteiger partial charge in [0.2, 0.25) is 0 Å². The summed E-state index contributed by atoms with van der Waals surface area (Å²) >= 11 is 0. The third kappa shape index (κ3) is 10.9. The molecule has 2 aromatic rings. The quantitative estimate of drug-likeness (QED) is 0.135. The Morgan fingerprint density at radius 1 is 0.364 bits per heavy atom. The second-order valence-electron chi connectivity index (χ2n) is 9.37. The molecule has 4 nitrogen and oxygen atoms in total.